The Morgan fingerprint density at radius 2 is 1.18 bits per heavy atom. The predicted octanol–water partition coefficient (Wildman–Crippen LogP) is 7.98. The number of anilines is 1. The SMILES string of the molecule is CC(C)C[C@H](NC(=O)OCc1ccccc1)C(=O)N[C@@H](Cc1ccccc1)C(=O)N[C@H](/C=C/C(=O)N1CCc2cccc(S(C)(=O)=O)c21)CCC(=O)NC(c1ccccc1)(c1ccccc1)c1ccccc1. The largest absolute Gasteiger partial charge is 0.445 e. The summed E-state index contributed by atoms with van der Waals surface area (Å²) in [4.78, 5) is 72.2. The van der Waals surface area contributed by atoms with Crippen LogP contribution in [0.5, 0.6) is 0 Å². The quantitative estimate of drug-likeness (QED) is 0.0414. The fourth-order valence-corrected chi connectivity index (χ4v) is 9.93. The van der Waals surface area contributed by atoms with E-state index in [0.717, 1.165) is 34.1 Å². The van der Waals surface area contributed by atoms with Crippen molar-refractivity contribution in [3.05, 3.63) is 215 Å². The molecule has 72 heavy (non-hydrogen) atoms. The van der Waals surface area contributed by atoms with Gasteiger partial charge in [0.1, 0.15) is 24.2 Å². The van der Waals surface area contributed by atoms with Crippen LogP contribution in [-0.2, 0) is 58.7 Å². The van der Waals surface area contributed by atoms with Crippen LogP contribution in [0.1, 0.15) is 66.5 Å². The number of fused-ring (bicyclic) bond motifs is 1. The summed E-state index contributed by atoms with van der Waals surface area (Å²) in [5, 5.41) is 12.0. The number of ether oxygens (including phenoxy) is 1. The third kappa shape index (κ3) is 13.5. The molecule has 6 aromatic carbocycles. The first-order chi connectivity index (χ1) is 34.7. The molecule has 5 amide bonds. The van der Waals surface area contributed by atoms with E-state index in [2.05, 4.69) is 21.3 Å². The zero-order valence-electron chi connectivity index (χ0n) is 40.7. The molecule has 372 valence electrons. The number of hydrogen-bond donors (Lipinski definition) is 4. The molecule has 0 bridgehead atoms. The molecule has 13 nitrogen and oxygen atoms in total. The molecule has 7 rings (SSSR count). The molecule has 0 fully saturated rings. The van der Waals surface area contributed by atoms with Gasteiger partial charge in [-0.1, -0.05) is 184 Å². The molecule has 0 aliphatic carbocycles. The zero-order valence-corrected chi connectivity index (χ0v) is 41.5. The first-order valence-electron chi connectivity index (χ1n) is 24.1. The van der Waals surface area contributed by atoms with Gasteiger partial charge in [0, 0.05) is 37.8 Å². The molecule has 0 unspecified atom stereocenters. The second-order valence-corrected chi connectivity index (χ2v) is 20.3. The molecule has 6 aromatic rings. The number of sulfone groups is 1. The van der Waals surface area contributed by atoms with Gasteiger partial charge in [-0.3, -0.25) is 19.2 Å². The molecular weight excluding hydrogens is 927 g/mol. The number of benzene rings is 6. The van der Waals surface area contributed by atoms with Gasteiger partial charge >= 0.3 is 6.09 Å². The van der Waals surface area contributed by atoms with Crippen molar-refractivity contribution in [2.75, 3.05) is 17.7 Å². The molecule has 1 heterocycles. The van der Waals surface area contributed by atoms with Crippen molar-refractivity contribution in [3.63, 3.8) is 0 Å². The van der Waals surface area contributed by atoms with Gasteiger partial charge in [0.2, 0.25) is 17.7 Å². The number of nitrogens with zero attached hydrogens (tertiary/aromatic N) is 1. The fraction of sp³-hybridized carbons (Fsp3) is 0.259. The first-order valence-corrected chi connectivity index (χ1v) is 26.0. The van der Waals surface area contributed by atoms with Gasteiger partial charge < -0.3 is 30.9 Å². The number of carbonyl (C=O) groups is 5. The van der Waals surface area contributed by atoms with Crippen molar-refractivity contribution in [1.29, 1.82) is 0 Å². The van der Waals surface area contributed by atoms with E-state index in [0.29, 0.717) is 17.7 Å². The fourth-order valence-electron chi connectivity index (χ4n) is 9.01. The highest BCUT2D eigenvalue weighted by Gasteiger charge is 2.38. The van der Waals surface area contributed by atoms with Crippen LogP contribution in [0.2, 0.25) is 0 Å². The highest BCUT2D eigenvalue weighted by atomic mass is 32.2. The van der Waals surface area contributed by atoms with E-state index in [1.54, 1.807) is 12.1 Å². The molecule has 3 atom stereocenters. The summed E-state index contributed by atoms with van der Waals surface area (Å²) in [6, 6.07) is 48.9. The zero-order chi connectivity index (χ0) is 51.1. The molecule has 0 radical (unpaired) electrons. The average molecular weight is 988 g/mol. The number of nitrogens with one attached hydrogen (secondary N) is 4. The van der Waals surface area contributed by atoms with Crippen molar-refractivity contribution in [1.82, 2.24) is 21.3 Å². The van der Waals surface area contributed by atoms with Crippen LogP contribution in [0.25, 0.3) is 0 Å². The summed E-state index contributed by atoms with van der Waals surface area (Å²) in [5.41, 5.74) is 3.88. The maximum Gasteiger partial charge on any atom is 0.408 e. The molecule has 0 spiro atoms. The summed E-state index contributed by atoms with van der Waals surface area (Å²) in [6.07, 6.45) is 3.73. The highest BCUT2D eigenvalue weighted by molar-refractivity contribution is 7.90. The third-order valence-electron chi connectivity index (χ3n) is 12.5. The Bertz CT molecular complexity index is 2840. The minimum absolute atomic E-state index is 0.00789. The van der Waals surface area contributed by atoms with E-state index in [4.69, 9.17) is 4.74 Å². The lowest BCUT2D eigenvalue weighted by atomic mass is 9.77. The van der Waals surface area contributed by atoms with Crippen molar-refractivity contribution in [3.8, 4) is 0 Å². The smallest absolute Gasteiger partial charge is 0.408 e. The van der Waals surface area contributed by atoms with Crippen LogP contribution < -0.4 is 26.2 Å². The van der Waals surface area contributed by atoms with Gasteiger partial charge in [0.05, 0.1) is 10.6 Å². The van der Waals surface area contributed by atoms with Crippen molar-refractivity contribution < 1.29 is 37.1 Å². The lowest BCUT2D eigenvalue weighted by molar-refractivity contribution is -0.130. The Kier molecular flexibility index (Phi) is 17.6. The minimum Gasteiger partial charge on any atom is -0.445 e. The van der Waals surface area contributed by atoms with Crippen LogP contribution in [-0.4, -0.2) is 69.1 Å². The summed E-state index contributed by atoms with van der Waals surface area (Å²) >= 11 is 0. The molecule has 1 aliphatic rings. The monoisotopic (exact) mass is 987 g/mol. The number of carbonyl (C=O) groups excluding carboxylic acids is 5. The Morgan fingerprint density at radius 1 is 0.653 bits per heavy atom. The maximum atomic E-state index is 14.7. The Morgan fingerprint density at radius 3 is 1.72 bits per heavy atom. The van der Waals surface area contributed by atoms with E-state index in [1.807, 2.05) is 166 Å². The van der Waals surface area contributed by atoms with Crippen LogP contribution in [0.3, 0.4) is 0 Å². The van der Waals surface area contributed by atoms with Crippen LogP contribution in [0.4, 0.5) is 10.5 Å². The van der Waals surface area contributed by atoms with Gasteiger partial charge in [0.15, 0.2) is 9.84 Å². The maximum absolute atomic E-state index is 14.7. The van der Waals surface area contributed by atoms with Crippen LogP contribution in [0, 0.1) is 5.92 Å². The normalized spacial score (nSPS) is 13.6. The van der Waals surface area contributed by atoms with Gasteiger partial charge in [-0.25, -0.2) is 13.2 Å². The van der Waals surface area contributed by atoms with E-state index in [9.17, 15) is 32.4 Å². The Hall–Kier alpha value is -7.84. The Labute approximate surface area is 422 Å². The second kappa shape index (κ2) is 24.3. The van der Waals surface area contributed by atoms with Crippen molar-refractivity contribution in [2.45, 2.75) is 81.1 Å². The van der Waals surface area contributed by atoms with E-state index < -0.39 is 57.3 Å². The summed E-state index contributed by atoms with van der Waals surface area (Å²) in [7, 11) is -3.70. The minimum atomic E-state index is -3.70. The summed E-state index contributed by atoms with van der Waals surface area (Å²) < 4.78 is 31.2. The molecule has 0 saturated heterocycles. The Balaban J connectivity index is 1.18. The molecule has 0 saturated carbocycles. The second-order valence-electron chi connectivity index (χ2n) is 18.3. The first kappa shape index (κ1) is 52.0. The lowest BCUT2D eigenvalue weighted by Crippen LogP contribution is -2.56. The average Bonchev–Trinajstić information content (AvgIpc) is 3.83. The molecule has 4 N–H and O–H groups in total. The van der Waals surface area contributed by atoms with E-state index >= 15 is 0 Å². The molecular formula is C58H61N5O8S. The van der Waals surface area contributed by atoms with Crippen molar-refractivity contribution in [2.24, 2.45) is 5.92 Å². The topological polar surface area (TPSA) is 180 Å². The summed E-state index contributed by atoms with van der Waals surface area (Å²) in [5.74, 6) is -2.11. The molecule has 0 aromatic heterocycles. The van der Waals surface area contributed by atoms with Gasteiger partial charge in [-0.2, -0.15) is 0 Å². The van der Waals surface area contributed by atoms with E-state index in [1.165, 1.54) is 23.1 Å². The number of rotatable bonds is 21. The molecule has 1 aliphatic heterocycles. The van der Waals surface area contributed by atoms with Crippen LogP contribution >= 0.6 is 0 Å². The lowest BCUT2D eigenvalue weighted by Gasteiger charge is -2.37. The van der Waals surface area contributed by atoms with Gasteiger partial charge in [-0.15, -0.1) is 0 Å². The van der Waals surface area contributed by atoms with Crippen LogP contribution in [0.15, 0.2) is 187 Å². The summed E-state index contributed by atoms with van der Waals surface area (Å²) in [6.45, 7) is 4.05. The van der Waals surface area contributed by atoms with Gasteiger partial charge in [0.25, 0.3) is 5.91 Å². The number of alkyl carbamates (subject to hydrolysis) is 1. The van der Waals surface area contributed by atoms with E-state index in [-0.39, 0.29) is 55.6 Å². The number of hydrogen-bond acceptors (Lipinski definition) is 8. The number of para-hydroxylation sites is 1. The van der Waals surface area contributed by atoms with Gasteiger partial charge in [-0.05, 0) is 64.6 Å². The molecule has 14 heteroatoms. The predicted molar refractivity (Wildman–Crippen MR) is 278 cm³/mol. The standard InChI is InChI=1S/C58H61N5O8S/c1-41(2)38-49(61-57(68)71-40-43-22-11-5-12-23-43)56(67)60-50(39-42-20-9-4-10-21-42)55(66)59-48(33-35-53(65)63-37-36-44-24-19-31-51(54(44)63)72(3,69)70)32-34-52(64)62-58(45-25-13-6-14-26-45,46-27-15-7-16-28-46)47-29-17-8-18-30-47/h4-31,33,35,41,48-50H,32,34,36-40H2,1-3H3,(H,59,66)(H,60,67)(H,61,68)(H,62,64)/b35-33+/t48-,49-,50-/m0/s1. The third-order valence-corrected chi connectivity index (χ3v) is 13.6. The highest BCUT2D eigenvalue weighted by Crippen LogP contribution is 2.37. The number of amides is 5. The van der Waals surface area contributed by atoms with Crippen molar-refractivity contribution >= 4 is 45.2 Å².